The molecule has 1 rings (SSSR count). The molecule has 20 heavy (non-hydrogen) atoms. The molecule has 0 aliphatic rings. The van der Waals surface area contributed by atoms with Crippen LogP contribution in [0.25, 0.3) is 0 Å². The minimum absolute atomic E-state index is 0.0558. The summed E-state index contributed by atoms with van der Waals surface area (Å²) in [6, 6.07) is 6.50. The molecule has 114 valence electrons. The summed E-state index contributed by atoms with van der Waals surface area (Å²) < 4.78 is 25.1. The molecule has 1 atom stereocenters. The Morgan fingerprint density at radius 1 is 1.25 bits per heavy atom. The third-order valence-corrected chi connectivity index (χ3v) is 5.48. The number of nitrogens with one attached hydrogen (secondary N) is 1. The van der Waals surface area contributed by atoms with E-state index in [-0.39, 0.29) is 27.1 Å². The Bertz CT molecular complexity index is 535. The van der Waals surface area contributed by atoms with Gasteiger partial charge in [-0.1, -0.05) is 51.4 Å². The van der Waals surface area contributed by atoms with Crippen molar-refractivity contribution in [3.63, 3.8) is 0 Å². The first-order valence-corrected chi connectivity index (χ1v) is 8.92. The lowest BCUT2D eigenvalue weighted by atomic mass is 9.88. The lowest BCUT2D eigenvalue weighted by Crippen LogP contribution is -2.45. The third kappa shape index (κ3) is 4.76. The van der Waals surface area contributed by atoms with Crippen molar-refractivity contribution in [3.8, 4) is 0 Å². The zero-order valence-electron chi connectivity index (χ0n) is 12.6. The second-order valence-electron chi connectivity index (χ2n) is 6.08. The fourth-order valence-corrected chi connectivity index (χ4v) is 4.32. The first-order chi connectivity index (χ1) is 9.18. The van der Waals surface area contributed by atoms with E-state index in [1.165, 1.54) is 0 Å². The second kappa shape index (κ2) is 6.92. The van der Waals surface area contributed by atoms with Crippen LogP contribution in [0.3, 0.4) is 0 Å². The largest absolute Gasteiger partial charge is 0.312 e. The fraction of sp³-hybridized carbons (Fsp3) is 0.600. The summed E-state index contributed by atoms with van der Waals surface area (Å²) in [5, 5.41) is 3.62. The molecule has 3 nitrogen and oxygen atoms in total. The van der Waals surface area contributed by atoms with Crippen LogP contribution in [-0.2, 0) is 9.84 Å². The summed E-state index contributed by atoms with van der Waals surface area (Å²) in [5.74, 6) is 0.0558. The van der Waals surface area contributed by atoms with Crippen molar-refractivity contribution in [3.05, 3.63) is 29.3 Å². The van der Waals surface area contributed by atoms with Gasteiger partial charge in [-0.2, -0.15) is 0 Å². The average molecular weight is 318 g/mol. The van der Waals surface area contributed by atoms with Crippen LogP contribution in [0.2, 0.25) is 5.02 Å². The molecule has 0 amide bonds. The van der Waals surface area contributed by atoms with Crippen molar-refractivity contribution >= 4 is 21.4 Å². The molecule has 0 saturated heterocycles. The first kappa shape index (κ1) is 17.5. The maximum Gasteiger partial charge on any atom is 0.181 e. The van der Waals surface area contributed by atoms with E-state index in [1.54, 1.807) is 24.3 Å². The Morgan fingerprint density at radius 2 is 1.85 bits per heavy atom. The average Bonchev–Trinajstić information content (AvgIpc) is 2.33. The highest BCUT2D eigenvalue weighted by molar-refractivity contribution is 7.91. The summed E-state index contributed by atoms with van der Waals surface area (Å²) in [7, 11) is -3.40. The number of halogens is 1. The Morgan fingerprint density at radius 3 is 2.35 bits per heavy atom. The molecular formula is C15H24ClNO2S. The van der Waals surface area contributed by atoms with Gasteiger partial charge in [-0.15, -0.1) is 0 Å². The van der Waals surface area contributed by atoms with Crippen LogP contribution < -0.4 is 5.32 Å². The molecule has 0 aliphatic carbocycles. The molecule has 0 spiro atoms. The van der Waals surface area contributed by atoms with Crippen molar-refractivity contribution in [2.75, 3.05) is 12.3 Å². The molecule has 0 aliphatic heterocycles. The Labute approximate surface area is 127 Å². The SMILES string of the molecule is CCCNC(CS(=O)(=O)c1ccccc1Cl)C(C)(C)C. The van der Waals surface area contributed by atoms with Gasteiger partial charge in [0.25, 0.3) is 0 Å². The van der Waals surface area contributed by atoms with Crippen LogP contribution in [0, 0.1) is 5.41 Å². The molecule has 0 radical (unpaired) electrons. The van der Waals surface area contributed by atoms with Crippen molar-refractivity contribution < 1.29 is 8.42 Å². The minimum atomic E-state index is -3.40. The van der Waals surface area contributed by atoms with E-state index in [0.29, 0.717) is 0 Å². The van der Waals surface area contributed by atoms with Gasteiger partial charge in [0.1, 0.15) is 0 Å². The van der Waals surface area contributed by atoms with E-state index in [4.69, 9.17) is 11.6 Å². The van der Waals surface area contributed by atoms with E-state index in [1.807, 2.05) is 20.8 Å². The highest BCUT2D eigenvalue weighted by Gasteiger charge is 2.30. The van der Waals surface area contributed by atoms with Gasteiger partial charge in [-0.05, 0) is 30.5 Å². The lowest BCUT2D eigenvalue weighted by Gasteiger charge is -2.31. The number of sulfone groups is 1. The Balaban J connectivity index is 3.01. The van der Waals surface area contributed by atoms with Crippen LogP contribution in [0.5, 0.6) is 0 Å². The Hall–Kier alpha value is -0.580. The predicted octanol–water partition coefficient (Wildman–Crippen LogP) is 3.53. The van der Waals surface area contributed by atoms with Crippen LogP contribution in [0.4, 0.5) is 0 Å². The normalized spacial score (nSPS) is 14.2. The number of hydrogen-bond donors (Lipinski definition) is 1. The summed E-state index contributed by atoms with van der Waals surface area (Å²) in [6.07, 6.45) is 0.971. The molecule has 1 aromatic carbocycles. The van der Waals surface area contributed by atoms with Gasteiger partial charge in [0.2, 0.25) is 0 Å². The number of rotatable bonds is 6. The summed E-state index contributed by atoms with van der Waals surface area (Å²) >= 11 is 6.01. The summed E-state index contributed by atoms with van der Waals surface area (Å²) in [5.41, 5.74) is -0.135. The van der Waals surface area contributed by atoms with Crippen molar-refractivity contribution in [2.24, 2.45) is 5.41 Å². The monoisotopic (exact) mass is 317 g/mol. The minimum Gasteiger partial charge on any atom is -0.312 e. The molecule has 1 unspecified atom stereocenters. The van der Waals surface area contributed by atoms with Crippen LogP contribution in [0.15, 0.2) is 29.2 Å². The quantitative estimate of drug-likeness (QED) is 0.873. The van der Waals surface area contributed by atoms with Gasteiger partial charge in [-0.25, -0.2) is 8.42 Å². The fourth-order valence-electron chi connectivity index (χ4n) is 1.94. The van der Waals surface area contributed by atoms with Gasteiger partial charge in [0.05, 0.1) is 15.7 Å². The van der Waals surface area contributed by atoms with Gasteiger partial charge >= 0.3 is 0 Å². The van der Waals surface area contributed by atoms with E-state index in [0.717, 1.165) is 13.0 Å². The maximum atomic E-state index is 12.5. The molecule has 0 fully saturated rings. The third-order valence-electron chi connectivity index (χ3n) is 3.24. The highest BCUT2D eigenvalue weighted by Crippen LogP contribution is 2.26. The molecule has 1 aromatic rings. The van der Waals surface area contributed by atoms with Crippen molar-refractivity contribution in [1.29, 1.82) is 0 Å². The summed E-state index contributed by atoms with van der Waals surface area (Å²) in [6.45, 7) is 9.00. The van der Waals surface area contributed by atoms with Gasteiger partial charge < -0.3 is 5.32 Å². The zero-order chi connectivity index (χ0) is 15.4. The maximum absolute atomic E-state index is 12.5. The lowest BCUT2D eigenvalue weighted by molar-refractivity contribution is 0.288. The van der Waals surface area contributed by atoms with Crippen molar-refractivity contribution in [1.82, 2.24) is 5.32 Å². The molecule has 0 bridgehead atoms. The molecule has 1 N–H and O–H groups in total. The van der Waals surface area contributed by atoms with Crippen LogP contribution in [0.1, 0.15) is 34.1 Å². The van der Waals surface area contributed by atoms with Gasteiger partial charge in [0.15, 0.2) is 9.84 Å². The molecule has 5 heteroatoms. The molecular weight excluding hydrogens is 294 g/mol. The first-order valence-electron chi connectivity index (χ1n) is 6.89. The smallest absolute Gasteiger partial charge is 0.181 e. The highest BCUT2D eigenvalue weighted by atomic mass is 35.5. The molecule has 0 aromatic heterocycles. The molecule has 0 heterocycles. The number of benzene rings is 1. The van der Waals surface area contributed by atoms with Crippen LogP contribution >= 0.6 is 11.6 Å². The van der Waals surface area contributed by atoms with E-state index in [9.17, 15) is 8.42 Å². The Kier molecular flexibility index (Phi) is 6.05. The van der Waals surface area contributed by atoms with E-state index < -0.39 is 9.84 Å². The van der Waals surface area contributed by atoms with E-state index >= 15 is 0 Å². The zero-order valence-corrected chi connectivity index (χ0v) is 14.2. The van der Waals surface area contributed by atoms with Gasteiger partial charge in [-0.3, -0.25) is 0 Å². The second-order valence-corrected chi connectivity index (χ2v) is 8.49. The molecule has 0 saturated carbocycles. The van der Waals surface area contributed by atoms with E-state index in [2.05, 4.69) is 12.2 Å². The predicted molar refractivity (Wildman–Crippen MR) is 85.0 cm³/mol. The summed E-state index contributed by atoms with van der Waals surface area (Å²) in [4.78, 5) is 0.217. The number of hydrogen-bond acceptors (Lipinski definition) is 3. The van der Waals surface area contributed by atoms with Crippen molar-refractivity contribution in [2.45, 2.75) is 45.1 Å². The topological polar surface area (TPSA) is 46.2 Å². The van der Waals surface area contributed by atoms with Crippen LogP contribution in [-0.4, -0.2) is 26.8 Å². The standard InChI is InChI=1S/C15H24ClNO2S/c1-5-10-17-14(15(2,3)4)11-20(18,19)13-9-7-6-8-12(13)16/h6-9,14,17H,5,10-11H2,1-4H3. The van der Waals surface area contributed by atoms with Gasteiger partial charge in [0, 0.05) is 6.04 Å².